The summed E-state index contributed by atoms with van der Waals surface area (Å²) in [5, 5.41) is 22.3. The van der Waals surface area contributed by atoms with Crippen LogP contribution in [0.4, 0.5) is 0 Å². The molecule has 1 aliphatic rings. The minimum Gasteiger partial charge on any atom is -0.545 e. The molecule has 2 N–H and O–H groups in total. The summed E-state index contributed by atoms with van der Waals surface area (Å²) in [7, 11) is 0. The topological polar surface area (TPSA) is 98.3 Å². The molecule has 1 saturated heterocycles. The Kier molecular flexibility index (Phi) is 8.00. The summed E-state index contributed by atoms with van der Waals surface area (Å²) in [5.41, 5.74) is -0.188. The highest BCUT2D eigenvalue weighted by Gasteiger charge is 2.17. The molecule has 1 aliphatic heterocycles. The van der Waals surface area contributed by atoms with Gasteiger partial charge in [-0.2, -0.15) is 0 Å². The minimum absolute atomic E-state index is 0.0586. The standard InChI is InChI=1S/C12H22N3.C8H6O4/c1-2-3-7-14-8-9-15(11-14)10-12-5-4-6-13-12;9-7(10)5-2-1-3-6(4-5)8(11)12/h8-9,11-13H,2-7,10H2,1H3;1-4H,(H,9,10)(H,11,12)/q+1;/p-1/t12-;/m0./s1. The van der Waals surface area contributed by atoms with Crippen molar-refractivity contribution in [2.75, 3.05) is 6.54 Å². The molecule has 3 rings (SSSR count). The predicted octanol–water partition coefficient (Wildman–Crippen LogP) is 1.08. The van der Waals surface area contributed by atoms with E-state index in [-0.39, 0.29) is 11.1 Å². The van der Waals surface area contributed by atoms with Gasteiger partial charge in [0.05, 0.1) is 18.1 Å². The third-order valence-corrected chi connectivity index (χ3v) is 4.45. The van der Waals surface area contributed by atoms with E-state index in [9.17, 15) is 14.7 Å². The fourth-order valence-corrected chi connectivity index (χ4v) is 2.97. The number of carbonyl (C=O) groups excluding carboxylic acids is 1. The van der Waals surface area contributed by atoms with Gasteiger partial charge in [0, 0.05) is 6.04 Å². The van der Waals surface area contributed by atoms with E-state index < -0.39 is 11.9 Å². The van der Waals surface area contributed by atoms with Crippen LogP contribution in [0.2, 0.25) is 0 Å². The van der Waals surface area contributed by atoms with E-state index in [1.807, 2.05) is 0 Å². The number of aromatic carboxylic acids is 2. The molecule has 1 aromatic carbocycles. The van der Waals surface area contributed by atoms with Crippen LogP contribution in [0.1, 0.15) is 53.3 Å². The van der Waals surface area contributed by atoms with Crippen LogP contribution >= 0.6 is 0 Å². The molecule has 2 heterocycles. The second kappa shape index (κ2) is 10.5. The van der Waals surface area contributed by atoms with Gasteiger partial charge in [0.1, 0.15) is 18.9 Å². The van der Waals surface area contributed by atoms with Crippen LogP contribution in [-0.2, 0) is 13.1 Å². The van der Waals surface area contributed by atoms with Crippen molar-refractivity contribution in [1.29, 1.82) is 0 Å². The third kappa shape index (κ3) is 6.86. The number of carboxylic acids is 2. The first kappa shape index (κ1) is 20.6. The molecule has 0 aliphatic carbocycles. The van der Waals surface area contributed by atoms with Crippen LogP contribution in [0.3, 0.4) is 0 Å². The Morgan fingerprint density at radius 2 is 2.15 bits per heavy atom. The number of benzene rings is 1. The van der Waals surface area contributed by atoms with Gasteiger partial charge in [-0.15, -0.1) is 0 Å². The molecule has 0 saturated carbocycles. The van der Waals surface area contributed by atoms with Gasteiger partial charge in [0.25, 0.3) is 0 Å². The molecule has 7 nitrogen and oxygen atoms in total. The Morgan fingerprint density at radius 3 is 2.78 bits per heavy atom. The Balaban J connectivity index is 0.000000199. The van der Waals surface area contributed by atoms with Gasteiger partial charge >= 0.3 is 5.97 Å². The van der Waals surface area contributed by atoms with E-state index in [0.29, 0.717) is 6.04 Å². The maximum Gasteiger partial charge on any atom is 0.335 e. The number of nitrogens with one attached hydrogen (secondary N) is 1. The molecular weight excluding hydrogens is 346 g/mol. The van der Waals surface area contributed by atoms with Gasteiger partial charge in [-0.05, 0) is 43.5 Å². The van der Waals surface area contributed by atoms with Gasteiger partial charge in [0.2, 0.25) is 6.33 Å². The van der Waals surface area contributed by atoms with Gasteiger partial charge in [0.15, 0.2) is 0 Å². The van der Waals surface area contributed by atoms with Crippen molar-refractivity contribution in [2.45, 2.75) is 51.7 Å². The lowest BCUT2D eigenvalue weighted by Crippen LogP contribution is -2.41. The summed E-state index contributed by atoms with van der Waals surface area (Å²) in [4.78, 5) is 20.6. The number of nitrogens with zero attached hydrogens (tertiary/aromatic N) is 2. The zero-order chi connectivity index (χ0) is 19.6. The minimum atomic E-state index is -1.38. The van der Waals surface area contributed by atoms with Crippen molar-refractivity contribution >= 4 is 11.9 Å². The third-order valence-electron chi connectivity index (χ3n) is 4.45. The fraction of sp³-hybridized carbons (Fsp3) is 0.450. The van der Waals surface area contributed by atoms with Gasteiger partial charge in [-0.1, -0.05) is 25.5 Å². The van der Waals surface area contributed by atoms with Gasteiger partial charge < -0.3 is 20.3 Å². The first-order chi connectivity index (χ1) is 13.0. The highest BCUT2D eigenvalue weighted by molar-refractivity contribution is 5.92. The molecule has 7 heteroatoms. The average molecular weight is 373 g/mol. The molecular formula is C20H27N3O4. The van der Waals surface area contributed by atoms with Crippen LogP contribution in [0.25, 0.3) is 0 Å². The van der Waals surface area contributed by atoms with Crippen LogP contribution in [0.5, 0.6) is 0 Å². The van der Waals surface area contributed by atoms with E-state index in [1.165, 1.54) is 50.4 Å². The molecule has 0 bridgehead atoms. The number of rotatable bonds is 7. The van der Waals surface area contributed by atoms with Crippen molar-refractivity contribution in [1.82, 2.24) is 9.88 Å². The molecule has 1 aromatic heterocycles. The summed E-state index contributed by atoms with van der Waals surface area (Å²) in [6.45, 7) is 5.71. The number of imidazole rings is 1. The van der Waals surface area contributed by atoms with Crippen LogP contribution in [0, 0.1) is 0 Å². The fourth-order valence-electron chi connectivity index (χ4n) is 2.97. The van der Waals surface area contributed by atoms with Crippen molar-refractivity contribution in [3.8, 4) is 0 Å². The summed E-state index contributed by atoms with van der Waals surface area (Å²) in [5.74, 6) is -2.53. The first-order valence-corrected chi connectivity index (χ1v) is 9.32. The largest absolute Gasteiger partial charge is 0.545 e. The highest BCUT2D eigenvalue weighted by atomic mass is 16.4. The van der Waals surface area contributed by atoms with Crippen LogP contribution < -0.4 is 15.0 Å². The van der Waals surface area contributed by atoms with Gasteiger partial charge in [-0.25, -0.2) is 13.9 Å². The summed E-state index contributed by atoms with van der Waals surface area (Å²) < 4.78 is 4.59. The lowest BCUT2D eigenvalue weighted by Gasteiger charge is -2.05. The highest BCUT2D eigenvalue weighted by Crippen LogP contribution is 2.05. The molecule has 0 radical (unpaired) electrons. The molecule has 27 heavy (non-hydrogen) atoms. The van der Waals surface area contributed by atoms with Crippen molar-refractivity contribution < 1.29 is 24.4 Å². The van der Waals surface area contributed by atoms with Crippen molar-refractivity contribution in [3.63, 3.8) is 0 Å². The van der Waals surface area contributed by atoms with E-state index in [2.05, 4.69) is 40.1 Å². The predicted molar refractivity (Wildman–Crippen MR) is 98.3 cm³/mol. The quantitative estimate of drug-likeness (QED) is 0.708. The number of carbonyl (C=O) groups is 2. The van der Waals surface area contributed by atoms with E-state index in [0.717, 1.165) is 19.2 Å². The Bertz CT molecular complexity index is 722. The molecule has 0 unspecified atom stereocenters. The lowest BCUT2D eigenvalue weighted by atomic mass is 10.1. The number of hydrogen-bond acceptors (Lipinski definition) is 4. The van der Waals surface area contributed by atoms with E-state index >= 15 is 0 Å². The molecule has 0 amide bonds. The zero-order valence-corrected chi connectivity index (χ0v) is 15.6. The number of hydrogen-bond donors (Lipinski definition) is 2. The summed E-state index contributed by atoms with van der Waals surface area (Å²) in [6, 6.07) is 5.69. The Labute approximate surface area is 159 Å². The second-order valence-electron chi connectivity index (χ2n) is 6.67. The van der Waals surface area contributed by atoms with Gasteiger partial charge in [-0.3, -0.25) is 0 Å². The Morgan fingerprint density at radius 1 is 1.37 bits per heavy atom. The van der Waals surface area contributed by atoms with Crippen LogP contribution in [-0.4, -0.2) is 34.2 Å². The molecule has 0 spiro atoms. The molecule has 1 atom stereocenters. The molecule has 2 aromatic rings. The van der Waals surface area contributed by atoms with Crippen molar-refractivity contribution in [2.24, 2.45) is 0 Å². The van der Waals surface area contributed by atoms with Crippen molar-refractivity contribution in [3.05, 3.63) is 54.1 Å². The maximum absolute atomic E-state index is 10.4. The normalized spacial score (nSPS) is 15.8. The monoisotopic (exact) mass is 373 g/mol. The average Bonchev–Trinajstić information content (AvgIpc) is 3.33. The molecule has 1 fully saturated rings. The molecule has 146 valence electrons. The SMILES string of the molecule is CCCCn1cc[n+](C[C@@H]2CCCN2)c1.O=C([O-])c1cccc(C(=O)O)c1. The number of carboxylic acid groups (broad SMARTS) is 2. The van der Waals surface area contributed by atoms with Crippen LogP contribution in [0.15, 0.2) is 43.0 Å². The Hall–Kier alpha value is -2.67. The summed E-state index contributed by atoms with van der Waals surface area (Å²) >= 11 is 0. The second-order valence-corrected chi connectivity index (χ2v) is 6.67. The maximum atomic E-state index is 10.4. The number of aryl methyl sites for hydroxylation is 1. The first-order valence-electron chi connectivity index (χ1n) is 9.32. The summed E-state index contributed by atoms with van der Waals surface area (Å²) in [6.07, 6.45) is 11.8. The number of aromatic nitrogens is 2. The number of unbranched alkanes of at least 4 members (excludes halogenated alkanes) is 1. The zero-order valence-electron chi connectivity index (χ0n) is 15.6. The smallest absolute Gasteiger partial charge is 0.335 e. The van der Waals surface area contributed by atoms with E-state index in [4.69, 9.17) is 5.11 Å². The van der Waals surface area contributed by atoms with E-state index in [1.54, 1.807) is 0 Å². The lowest BCUT2D eigenvalue weighted by molar-refractivity contribution is -0.698.